The normalized spacial score (nSPS) is 21.3. The molecule has 0 saturated heterocycles. The van der Waals surface area contributed by atoms with E-state index in [0.717, 1.165) is 111 Å². The lowest BCUT2D eigenvalue weighted by atomic mass is 9.85. The first-order valence-corrected chi connectivity index (χ1v) is 25.0. The molecule has 4 aliphatic carbocycles. The number of fused-ring (bicyclic) bond motifs is 1. The molecule has 344 valence electrons. The van der Waals surface area contributed by atoms with E-state index in [9.17, 15) is 0 Å². The van der Waals surface area contributed by atoms with Crippen molar-refractivity contribution in [2.24, 2.45) is 10.9 Å². The second kappa shape index (κ2) is 19.2. The van der Waals surface area contributed by atoms with Crippen molar-refractivity contribution in [2.75, 3.05) is 0 Å². The van der Waals surface area contributed by atoms with Gasteiger partial charge >= 0.3 is 0 Å². The maximum atomic E-state index is 5.57. The van der Waals surface area contributed by atoms with Gasteiger partial charge in [0.1, 0.15) is 5.84 Å². The summed E-state index contributed by atoms with van der Waals surface area (Å²) in [6.45, 7) is 2.26. The van der Waals surface area contributed by atoms with Gasteiger partial charge in [0.15, 0.2) is 11.6 Å². The lowest BCUT2D eigenvalue weighted by molar-refractivity contribution is 0.526. The van der Waals surface area contributed by atoms with Crippen molar-refractivity contribution < 1.29 is 0 Å². The molecular formula is C65H54N6. The van der Waals surface area contributed by atoms with Crippen molar-refractivity contribution in [3.63, 3.8) is 0 Å². The van der Waals surface area contributed by atoms with Crippen LogP contribution in [0.15, 0.2) is 241 Å². The molecule has 5 aromatic carbocycles. The average Bonchev–Trinajstić information content (AvgIpc) is 3.46. The Hall–Kier alpha value is -8.35. The lowest BCUT2D eigenvalue weighted by Gasteiger charge is -2.36. The molecule has 4 atom stereocenters. The standard InChI is InChI=1S/C65H54N6/c1-65(54-30-18-7-19-31-54)43-59(48-28-16-6-17-29-48)68-64(71-65)52-38-36-51(37-39-52)63-69-60(56-41-53(44-20-8-2-9-21-44)40-55(61(56)70-63)45-22-10-3-11-23-45)49-32-34-50(35-33-49)62-66-57(46-24-12-4-13-25-46)42-58(67-62)47-26-14-5-15-27-47/h2-20,22-26,28,30-36,38,40-44,47-48H,21,27,29,37,39H2,1H3,(H,68,71). The van der Waals surface area contributed by atoms with Gasteiger partial charge in [-0.05, 0) is 91.1 Å². The van der Waals surface area contributed by atoms with E-state index in [-0.39, 0.29) is 17.8 Å². The lowest BCUT2D eigenvalue weighted by Crippen LogP contribution is -2.45. The van der Waals surface area contributed by atoms with E-state index < -0.39 is 5.54 Å². The summed E-state index contributed by atoms with van der Waals surface area (Å²) in [5.74, 6) is 3.02. The Bertz CT molecular complexity index is 3480. The Kier molecular flexibility index (Phi) is 11.9. The number of nitrogens with one attached hydrogen (secondary N) is 1. The highest BCUT2D eigenvalue weighted by atomic mass is 15.1. The van der Waals surface area contributed by atoms with E-state index >= 15 is 0 Å². The minimum Gasteiger partial charge on any atom is -0.357 e. The van der Waals surface area contributed by atoms with Crippen molar-refractivity contribution >= 4 is 22.3 Å². The van der Waals surface area contributed by atoms with Crippen LogP contribution in [0.2, 0.25) is 0 Å². The molecule has 4 unspecified atom stereocenters. The molecule has 0 amide bonds. The fourth-order valence-corrected chi connectivity index (χ4v) is 10.5. The molecular weight excluding hydrogens is 865 g/mol. The number of nitrogens with zero attached hydrogens (tertiary/aromatic N) is 5. The number of hydrogen-bond donors (Lipinski definition) is 1. The second-order valence-corrected chi connectivity index (χ2v) is 19.2. The molecule has 7 aromatic rings. The Morgan fingerprint density at radius 1 is 0.521 bits per heavy atom. The summed E-state index contributed by atoms with van der Waals surface area (Å²) < 4.78 is 0. The van der Waals surface area contributed by atoms with Crippen LogP contribution in [-0.4, -0.2) is 25.8 Å². The molecule has 0 spiro atoms. The zero-order chi connectivity index (χ0) is 47.6. The van der Waals surface area contributed by atoms with E-state index in [1.54, 1.807) is 0 Å². The van der Waals surface area contributed by atoms with Gasteiger partial charge in [-0.1, -0.05) is 200 Å². The molecule has 6 nitrogen and oxygen atoms in total. The van der Waals surface area contributed by atoms with Crippen molar-refractivity contribution in [3.8, 4) is 45.0 Å². The molecule has 71 heavy (non-hydrogen) atoms. The number of rotatable bonds is 10. The van der Waals surface area contributed by atoms with Crippen molar-refractivity contribution in [2.45, 2.75) is 56.4 Å². The highest BCUT2D eigenvalue weighted by Gasteiger charge is 2.33. The SMILES string of the molecule is CC1(c2ccccc2)C=C(C2C=CC=CC2)N=C(C2=CC=C(c3nc(-c4ccc(-c5nc(-c6ccccc6)cc(C6C=CC=CC6)n5)cc4)c4cc(C5C=CC=CC5)cc(-c5ccccc5)c4n3)CC2)N1. The molecule has 6 heteroatoms. The second-order valence-electron chi connectivity index (χ2n) is 19.2. The predicted molar refractivity (Wildman–Crippen MR) is 292 cm³/mol. The third kappa shape index (κ3) is 9.05. The molecule has 5 aliphatic rings. The Morgan fingerprint density at radius 3 is 1.80 bits per heavy atom. The van der Waals surface area contributed by atoms with Crippen LogP contribution in [0, 0.1) is 5.92 Å². The van der Waals surface area contributed by atoms with Gasteiger partial charge in [-0.15, -0.1) is 0 Å². The van der Waals surface area contributed by atoms with Crippen LogP contribution in [-0.2, 0) is 5.54 Å². The summed E-state index contributed by atoms with van der Waals surface area (Å²) in [5, 5.41) is 4.91. The highest BCUT2D eigenvalue weighted by Crippen LogP contribution is 2.41. The van der Waals surface area contributed by atoms with Gasteiger partial charge in [-0.25, -0.2) is 24.9 Å². The van der Waals surface area contributed by atoms with Gasteiger partial charge in [0.25, 0.3) is 0 Å². The fourth-order valence-electron chi connectivity index (χ4n) is 10.5. The molecule has 0 saturated carbocycles. The van der Waals surface area contributed by atoms with Gasteiger partial charge < -0.3 is 5.32 Å². The number of hydrogen-bond acceptors (Lipinski definition) is 6. The van der Waals surface area contributed by atoms with E-state index in [0.29, 0.717) is 5.82 Å². The fraction of sp³-hybridized carbons (Fsp3) is 0.154. The first kappa shape index (κ1) is 43.9. The molecule has 1 N–H and O–H groups in total. The van der Waals surface area contributed by atoms with Crippen LogP contribution in [0.3, 0.4) is 0 Å². The monoisotopic (exact) mass is 918 g/mol. The first-order chi connectivity index (χ1) is 35.0. The molecule has 2 aromatic heterocycles. The number of benzene rings is 5. The largest absolute Gasteiger partial charge is 0.357 e. The summed E-state index contributed by atoms with van der Waals surface area (Å²) in [7, 11) is 0. The summed E-state index contributed by atoms with van der Waals surface area (Å²) >= 11 is 0. The molecule has 0 bridgehead atoms. The van der Waals surface area contributed by atoms with E-state index in [4.69, 9.17) is 24.9 Å². The maximum absolute atomic E-state index is 5.57. The van der Waals surface area contributed by atoms with Crippen LogP contribution in [0.1, 0.15) is 73.5 Å². The van der Waals surface area contributed by atoms with Gasteiger partial charge in [0.05, 0.1) is 28.1 Å². The number of aromatic nitrogens is 4. The summed E-state index contributed by atoms with van der Waals surface area (Å²) in [6, 6.07) is 47.3. The Morgan fingerprint density at radius 2 is 1.14 bits per heavy atom. The summed E-state index contributed by atoms with van der Waals surface area (Å²) in [6.07, 6.45) is 37.4. The highest BCUT2D eigenvalue weighted by molar-refractivity contribution is 6.03. The average molecular weight is 919 g/mol. The smallest absolute Gasteiger partial charge is 0.160 e. The van der Waals surface area contributed by atoms with Crippen LogP contribution >= 0.6 is 0 Å². The topological polar surface area (TPSA) is 76.0 Å². The van der Waals surface area contributed by atoms with E-state index in [2.05, 4.69) is 231 Å². The maximum Gasteiger partial charge on any atom is 0.160 e. The minimum absolute atomic E-state index is 0.184. The van der Waals surface area contributed by atoms with Gasteiger partial charge in [0.2, 0.25) is 0 Å². The first-order valence-electron chi connectivity index (χ1n) is 25.0. The van der Waals surface area contributed by atoms with Gasteiger partial charge in [-0.3, -0.25) is 0 Å². The predicted octanol–water partition coefficient (Wildman–Crippen LogP) is 15.3. The van der Waals surface area contributed by atoms with E-state index in [1.165, 1.54) is 16.7 Å². The van der Waals surface area contributed by atoms with E-state index in [1.807, 2.05) is 6.07 Å². The van der Waals surface area contributed by atoms with Crippen molar-refractivity contribution in [1.29, 1.82) is 0 Å². The molecule has 12 rings (SSSR count). The summed E-state index contributed by atoms with van der Waals surface area (Å²) in [5.41, 5.74) is 14.5. The van der Waals surface area contributed by atoms with Crippen LogP contribution in [0.4, 0.5) is 0 Å². The van der Waals surface area contributed by atoms with Crippen LogP contribution < -0.4 is 5.32 Å². The molecule has 3 heterocycles. The Labute approximate surface area is 416 Å². The van der Waals surface area contributed by atoms with Crippen LogP contribution in [0.5, 0.6) is 0 Å². The zero-order valence-corrected chi connectivity index (χ0v) is 39.9. The number of aliphatic imine (C=N–C) groups is 1. The van der Waals surface area contributed by atoms with Crippen LogP contribution in [0.25, 0.3) is 61.5 Å². The number of allylic oxidation sites excluding steroid dienone is 15. The summed E-state index contributed by atoms with van der Waals surface area (Å²) in [4.78, 5) is 26.8. The molecule has 1 aliphatic heterocycles. The van der Waals surface area contributed by atoms with Crippen molar-refractivity contribution in [1.82, 2.24) is 25.3 Å². The van der Waals surface area contributed by atoms with Crippen molar-refractivity contribution in [3.05, 3.63) is 259 Å². The minimum atomic E-state index is -0.417. The number of amidine groups is 1. The Balaban J connectivity index is 0.973. The third-order valence-electron chi connectivity index (χ3n) is 14.4. The molecule has 0 fully saturated rings. The zero-order valence-electron chi connectivity index (χ0n) is 39.9. The van der Waals surface area contributed by atoms with Gasteiger partial charge in [-0.2, -0.15) is 0 Å². The third-order valence-corrected chi connectivity index (χ3v) is 14.4. The quantitative estimate of drug-likeness (QED) is 0.148. The van der Waals surface area contributed by atoms with Gasteiger partial charge in [0, 0.05) is 51.1 Å². The molecule has 0 radical (unpaired) electrons.